The minimum absolute atomic E-state index is 0.222. The monoisotopic (exact) mass is 320 g/mol. The van der Waals surface area contributed by atoms with Crippen molar-refractivity contribution in [1.29, 1.82) is 0 Å². The van der Waals surface area contributed by atoms with Gasteiger partial charge in [0.2, 0.25) is 10.0 Å². The molecule has 1 fully saturated rings. The van der Waals surface area contributed by atoms with E-state index < -0.39 is 10.0 Å². The Labute approximate surface area is 130 Å². The Hall–Kier alpha value is -0.170. The lowest BCUT2D eigenvalue weighted by Crippen LogP contribution is -2.58. The maximum absolute atomic E-state index is 12.1. The summed E-state index contributed by atoms with van der Waals surface area (Å²) in [6, 6.07) is 0. The summed E-state index contributed by atoms with van der Waals surface area (Å²) in [4.78, 5) is 2.21. The van der Waals surface area contributed by atoms with Crippen molar-refractivity contribution < 1.29 is 13.2 Å². The second kappa shape index (κ2) is 9.08. The van der Waals surface area contributed by atoms with Crippen LogP contribution >= 0.6 is 0 Å². The first kappa shape index (κ1) is 18.9. The quantitative estimate of drug-likeness (QED) is 0.590. The number of nitrogens with one attached hydrogen (secondary N) is 1. The van der Waals surface area contributed by atoms with E-state index in [1.165, 1.54) is 0 Å². The molecule has 0 bridgehead atoms. The number of hydrogen-bond acceptors (Lipinski definition) is 4. The summed E-state index contributed by atoms with van der Waals surface area (Å²) in [5, 5.41) is -0.222. The zero-order chi connectivity index (χ0) is 15.9. The van der Waals surface area contributed by atoms with E-state index in [1.807, 2.05) is 13.8 Å². The fraction of sp³-hybridized carbons (Fsp3) is 1.00. The van der Waals surface area contributed by atoms with Crippen LogP contribution in [0.25, 0.3) is 0 Å². The van der Waals surface area contributed by atoms with Gasteiger partial charge in [0, 0.05) is 32.8 Å². The van der Waals surface area contributed by atoms with Gasteiger partial charge in [0.25, 0.3) is 0 Å². The first-order valence-electron chi connectivity index (χ1n) is 8.13. The molecule has 0 aromatic heterocycles. The van der Waals surface area contributed by atoms with E-state index in [1.54, 1.807) is 0 Å². The Morgan fingerprint density at radius 1 is 1.14 bits per heavy atom. The molecule has 6 heteroatoms. The average Bonchev–Trinajstić information content (AvgIpc) is 2.31. The van der Waals surface area contributed by atoms with E-state index in [0.29, 0.717) is 25.6 Å². The van der Waals surface area contributed by atoms with Gasteiger partial charge in [-0.05, 0) is 39.0 Å². The highest BCUT2D eigenvalue weighted by Gasteiger charge is 2.36. The van der Waals surface area contributed by atoms with E-state index in [2.05, 4.69) is 23.5 Å². The lowest BCUT2D eigenvalue weighted by atomic mass is 10.1. The lowest BCUT2D eigenvalue weighted by molar-refractivity contribution is 0.0758. The smallest absolute Gasteiger partial charge is 0.217 e. The van der Waals surface area contributed by atoms with Gasteiger partial charge in [-0.25, -0.2) is 13.1 Å². The van der Waals surface area contributed by atoms with Gasteiger partial charge in [-0.3, -0.25) is 0 Å². The van der Waals surface area contributed by atoms with Crippen LogP contribution in [0.5, 0.6) is 0 Å². The summed E-state index contributed by atoms with van der Waals surface area (Å²) in [5.41, 5.74) is 0. The highest BCUT2D eigenvalue weighted by molar-refractivity contribution is 7.90. The topological polar surface area (TPSA) is 58.6 Å². The molecule has 1 N–H and O–H groups in total. The molecule has 0 aromatic carbocycles. The van der Waals surface area contributed by atoms with Gasteiger partial charge in [0.15, 0.2) is 0 Å². The molecule has 0 saturated carbocycles. The van der Waals surface area contributed by atoms with Crippen molar-refractivity contribution >= 4 is 10.0 Å². The molecule has 1 aliphatic rings. The first-order valence-corrected chi connectivity index (χ1v) is 9.68. The van der Waals surface area contributed by atoms with Crippen LogP contribution in [0.2, 0.25) is 0 Å². The number of ether oxygens (including phenoxy) is 1. The third-order valence-corrected chi connectivity index (χ3v) is 5.34. The van der Waals surface area contributed by atoms with E-state index in [-0.39, 0.29) is 11.4 Å². The van der Waals surface area contributed by atoms with Crippen molar-refractivity contribution in [3.05, 3.63) is 0 Å². The van der Waals surface area contributed by atoms with Crippen LogP contribution in [0.15, 0.2) is 0 Å². The Kier molecular flexibility index (Phi) is 8.16. The molecule has 1 rings (SSSR count). The van der Waals surface area contributed by atoms with Crippen LogP contribution in [-0.4, -0.2) is 57.5 Å². The number of rotatable bonds is 11. The maximum Gasteiger partial charge on any atom is 0.217 e. The number of hydrogen-bond donors (Lipinski definition) is 1. The number of sulfonamides is 1. The molecule has 1 aliphatic heterocycles. The fourth-order valence-electron chi connectivity index (χ4n) is 2.44. The first-order chi connectivity index (χ1) is 9.81. The van der Waals surface area contributed by atoms with Crippen molar-refractivity contribution in [2.24, 2.45) is 5.92 Å². The molecule has 0 aliphatic carbocycles. The largest absolute Gasteiger partial charge is 0.379 e. The normalized spacial score (nSPS) is 17.6. The molecule has 5 nitrogen and oxygen atoms in total. The molecule has 0 atom stereocenters. The zero-order valence-electron chi connectivity index (χ0n) is 14.0. The summed E-state index contributed by atoms with van der Waals surface area (Å²) in [5.74, 6) is 0.592. The standard InChI is InChI=1S/C15H32N2O3S/c1-13(2)10-17-11-15(12-17)21(18,19)16-8-6-5-7-9-20-14(3)4/h13-16H,5-12H2,1-4H3. The SMILES string of the molecule is CC(C)CN1CC(S(=O)(=O)NCCCCCOC(C)C)C1. The molecule has 1 heterocycles. The van der Waals surface area contributed by atoms with Crippen LogP contribution in [0, 0.1) is 5.92 Å². The van der Waals surface area contributed by atoms with E-state index in [4.69, 9.17) is 4.74 Å². The van der Waals surface area contributed by atoms with Gasteiger partial charge in [0.05, 0.1) is 6.10 Å². The minimum atomic E-state index is -3.12. The third-order valence-electron chi connectivity index (χ3n) is 3.56. The molecule has 0 radical (unpaired) electrons. The van der Waals surface area contributed by atoms with Crippen LogP contribution in [-0.2, 0) is 14.8 Å². The molecule has 1 saturated heterocycles. The van der Waals surface area contributed by atoms with Gasteiger partial charge in [-0.2, -0.15) is 0 Å². The van der Waals surface area contributed by atoms with Crippen LogP contribution in [0.1, 0.15) is 47.0 Å². The minimum Gasteiger partial charge on any atom is -0.379 e. The Morgan fingerprint density at radius 3 is 2.38 bits per heavy atom. The molecule has 126 valence electrons. The Balaban J connectivity index is 2.06. The summed E-state index contributed by atoms with van der Waals surface area (Å²) in [6.45, 7) is 12.0. The average molecular weight is 320 g/mol. The van der Waals surface area contributed by atoms with Crippen LogP contribution in [0.4, 0.5) is 0 Å². The van der Waals surface area contributed by atoms with Gasteiger partial charge < -0.3 is 9.64 Å². The summed E-state index contributed by atoms with van der Waals surface area (Å²) >= 11 is 0. The van der Waals surface area contributed by atoms with E-state index in [9.17, 15) is 8.42 Å². The number of likely N-dealkylation sites (tertiary alicyclic amines) is 1. The van der Waals surface area contributed by atoms with Crippen molar-refractivity contribution in [2.75, 3.05) is 32.8 Å². The highest BCUT2D eigenvalue weighted by atomic mass is 32.2. The maximum atomic E-state index is 12.1. The second-order valence-corrected chi connectivity index (χ2v) is 8.70. The lowest BCUT2D eigenvalue weighted by Gasteiger charge is -2.39. The Bertz CT molecular complexity index is 376. The van der Waals surface area contributed by atoms with Crippen molar-refractivity contribution in [3.63, 3.8) is 0 Å². The predicted octanol–water partition coefficient (Wildman–Crippen LogP) is 1.84. The van der Waals surface area contributed by atoms with E-state index in [0.717, 1.165) is 32.4 Å². The van der Waals surface area contributed by atoms with Crippen molar-refractivity contribution in [1.82, 2.24) is 9.62 Å². The fourth-order valence-corrected chi connectivity index (χ4v) is 3.92. The summed E-state index contributed by atoms with van der Waals surface area (Å²) in [7, 11) is -3.12. The Morgan fingerprint density at radius 2 is 1.81 bits per heavy atom. The van der Waals surface area contributed by atoms with Crippen LogP contribution in [0.3, 0.4) is 0 Å². The molecule has 0 amide bonds. The van der Waals surface area contributed by atoms with E-state index >= 15 is 0 Å². The van der Waals surface area contributed by atoms with Crippen molar-refractivity contribution in [2.45, 2.75) is 58.3 Å². The van der Waals surface area contributed by atoms with Gasteiger partial charge in [0.1, 0.15) is 5.25 Å². The van der Waals surface area contributed by atoms with Gasteiger partial charge in [-0.15, -0.1) is 0 Å². The summed E-state index contributed by atoms with van der Waals surface area (Å²) < 4.78 is 32.3. The van der Waals surface area contributed by atoms with Crippen molar-refractivity contribution in [3.8, 4) is 0 Å². The van der Waals surface area contributed by atoms with Crippen LogP contribution < -0.4 is 4.72 Å². The second-order valence-electron chi connectivity index (χ2n) is 6.65. The molecular formula is C15H32N2O3S. The molecular weight excluding hydrogens is 288 g/mol. The zero-order valence-corrected chi connectivity index (χ0v) is 14.8. The van der Waals surface area contributed by atoms with Gasteiger partial charge in [-0.1, -0.05) is 13.8 Å². The molecule has 0 spiro atoms. The molecule has 21 heavy (non-hydrogen) atoms. The summed E-state index contributed by atoms with van der Waals surface area (Å²) in [6.07, 6.45) is 3.14. The third kappa shape index (κ3) is 7.58. The predicted molar refractivity (Wildman–Crippen MR) is 86.9 cm³/mol. The molecule has 0 aromatic rings. The highest BCUT2D eigenvalue weighted by Crippen LogP contribution is 2.16. The van der Waals surface area contributed by atoms with Gasteiger partial charge >= 0.3 is 0 Å². The number of nitrogens with zero attached hydrogens (tertiary/aromatic N) is 1. The molecule has 0 unspecified atom stereocenters. The number of unbranched alkanes of at least 4 members (excludes halogenated alkanes) is 2.